The third-order valence-corrected chi connectivity index (χ3v) is 1.41. The van der Waals surface area contributed by atoms with Crippen molar-refractivity contribution in [3.63, 3.8) is 0 Å². The van der Waals surface area contributed by atoms with Crippen molar-refractivity contribution < 1.29 is 35.8 Å². The SMILES string of the molecule is [CH2]c1c(OC(F)(F)F)ccnc1OC(F)(F)F. The van der Waals surface area contributed by atoms with Crippen LogP contribution >= 0.6 is 0 Å². The van der Waals surface area contributed by atoms with Crippen LogP contribution in [0.25, 0.3) is 0 Å². The average Bonchev–Trinajstić information content (AvgIpc) is 2.07. The van der Waals surface area contributed by atoms with Crippen molar-refractivity contribution in [3.05, 3.63) is 24.8 Å². The first-order chi connectivity index (χ1) is 7.58. The van der Waals surface area contributed by atoms with E-state index in [0.717, 1.165) is 6.07 Å². The number of hydrogen-bond acceptors (Lipinski definition) is 3. The topological polar surface area (TPSA) is 31.4 Å². The molecular weight excluding hydrogens is 256 g/mol. The molecule has 0 aromatic carbocycles. The van der Waals surface area contributed by atoms with Crippen LogP contribution in [0.2, 0.25) is 0 Å². The fourth-order valence-electron chi connectivity index (χ4n) is 0.874. The molecule has 0 aliphatic carbocycles. The highest BCUT2D eigenvalue weighted by molar-refractivity contribution is 5.42. The Balaban J connectivity index is 3.00. The van der Waals surface area contributed by atoms with Crippen LogP contribution in [0.15, 0.2) is 12.3 Å². The zero-order valence-corrected chi connectivity index (χ0v) is 7.89. The minimum Gasteiger partial charge on any atom is -0.405 e. The highest BCUT2D eigenvalue weighted by atomic mass is 19.4. The Labute approximate surface area is 91.0 Å². The molecule has 1 aromatic heterocycles. The maximum Gasteiger partial charge on any atom is 0.574 e. The van der Waals surface area contributed by atoms with E-state index in [0.29, 0.717) is 6.20 Å². The molecule has 17 heavy (non-hydrogen) atoms. The summed E-state index contributed by atoms with van der Waals surface area (Å²) in [4.78, 5) is 3.10. The lowest BCUT2D eigenvalue weighted by Gasteiger charge is -2.14. The second-order valence-corrected chi connectivity index (χ2v) is 2.69. The fourth-order valence-corrected chi connectivity index (χ4v) is 0.874. The zero-order valence-electron chi connectivity index (χ0n) is 7.89. The van der Waals surface area contributed by atoms with E-state index in [1.807, 2.05) is 0 Å². The van der Waals surface area contributed by atoms with Crippen molar-refractivity contribution in [2.45, 2.75) is 12.7 Å². The monoisotopic (exact) mass is 260 g/mol. The summed E-state index contributed by atoms with van der Waals surface area (Å²) >= 11 is 0. The van der Waals surface area contributed by atoms with Gasteiger partial charge in [-0.3, -0.25) is 0 Å². The van der Waals surface area contributed by atoms with Gasteiger partial charge in [0.15, 0.2) is 0 Å². The standard InChI is InChI=1S/C8H4F6NO2/c1-4-5(16-7(9,10)11)2-3-15-6(4)17-8(12,13)14/h2-3H,1H2. The van der Waals surface area contributed by atoms with Gasteiger partial charge in [-0.15, -0.1) is 26.3 Å². The minimum atomic E-state index is -5.07. The number of nitrogens with zero attached hydrogens (tertiary/aromatic N) is 1. The Hall–Kier alpha value is -1.67. The van der Waals surface area contributed by atoms with Crippen molar-refractivity contribution in [1.82, 2.24) is 4.98 Å². The number of aromatic nitrogens is 1. The van der Waals surface area contributed by atoms with E-state index in [-0.39, 0.29) is 0 Å². The molecular formula is C8H4F6NO2. The van der Waals surface area contributed by atoms with E-state index in [1.165, 1.54) is 0 Å². The summed E-state index contributed by atoms with van der Waals surface area (Å²) in [6.45, 7) is 2.98. The molecule has 0 atom stereocenters. The van der Waals surface area contributed by atoms with Gasteiger partial charge in [-0.25, -0.2) is 4.98 Å². The number of pyridine rings is 1. The van der Waals surface area contributed by atoms with Gasteiger partial charge in [0.1, 0.15) is 5.75 Å². The molecule has 0 spiro atoms. The van der Waals surface area contributed by atoms with Crippen LogP contribution in [0.1, 0.15) is 5.56 Å². The zero-order chi connectivity index (χ0) is 13.3. The molecule has 3 nitrogen and oxygen atoms in total. The van der Waals surface area contributed by atoms with Crippen LogP contribution < -0.4 is 9.47 Å². The van der Waals surface area contributed by atoms with Gasteiger partial charge in [-0.05, 0) is 13.0 Å². The smallest absolute Gasteiger partial charge is 0.405 e. The molecule has 95 valence electrons. The molecule has 1 radical (unpaired) electrons. The first-order valence-corrected chi connectivity index (χ1v) is 3.91. The van der Waals surface area contributed by atoms with Gasteiger partial charge in [0.25, 0.3) is 0 Å². The molecule has 0 fully saturated rings. The average molecular weight is 260 g/mol. The summed E-state index contributed by atoms with van der Waals surface area (Å²) < 4.78 is 77.9. The Morgan fingerprint density at radius 1 is 1.00 bits per heavy atom. The molecule has 9 heteroatoms. The molecule has 0 amide bonds. The summed E-state index contributed by atoms with van der Waals surface area (Å²) in [5.74, 6) is -2.01. The second-order valence-electron chi connectivity index (χ2n) is 2.69. The number of hydrogen-bond donors (Lipinski definition) is 0. The molecule has 0 aliphatic heterocycles. The molecule has 0 bridgehead atoms. The van der Waals surface area contributed by atoms with Gasteiger partial charge in [0, 0.05) is 6.20 Å². The third-order valence-electron chi connectivity index (χ3n) is 1.41. The number of ether oxygens (including phenoxy) is 2. The summed E-state index contributed by atoms with van der Waals surface area (Å²) in [7, 11) is 0. The Bertz CT molecular complexity index is 366. The van der Waals surface area contributed by atoms with Crippen LogP contribution in [0.3, 0.4) is 0 Å². The van der Waals surface area contributed by atoms with Crippen molar-refractivity contribution in [3.8, 4) is 11.6 Å². The van der Waals surface area contributed by atoms with Crippen LogP contribution in [-0.4, -0.2) is 17.7 Å². The predicted octanol–water partition coefficient (Wildman–Crippen LogP) is 3.06. The van der Waals surface area contributed by atoms with E-state index >= 15 is 0 Å². The summed E-state index contributed by atoms with van der Waals surface area (Å²) in [5, 5.41) is 0. The van der Waals surface area contributed by atoms with Crippen molar-refractivity contribution in [2.75, 3.05) is 0 Å². The third kappa shape index (κ3) is 4.37. The first-order valence-electron chi connectivity index (χ1n) is 3.91. The highest BCUT2D eigenvalue weighted by Gasteiger charge is 2.35. The van der Waals surface area contributed by atoms with E-state index in [4.69, 9.17) is 0 Å². The van der Waals surface area contributed by atoms with Crippen LogP contribution in [0.4, 0.5) is 26.3 Å². The van der Waals surface area contributed by atoms with Gasteiger partial charge in [-0.2, -0.15) is 0 Å². The molecule has 0 saturated carbocycles. The molecule has 0 aliphatic rings. The second kappa shape index (κ2) is 4.30. The molecule has 0 N–H and O–H groups in total. The lowest BCUT2D eigenvalue weighted by molar-refractivity contribution is -0.277. The summed E-state index contributed by atoms with van der Waals surface area (Å²) in [6.07, 6.45) is -9.43. The summed E-state index contributed by atoms with van der Waals surface area (Å²) in [5.41, 5.74) is -0.748. The summed E-state index contributed by atoms with van der Waals surface area (Å²) in [6, 6.07) is 0.721. The lowest BCUT2D eigenvalue weighted by Crippen LogP contribution is -2.20. The molecule has 1 rings (SSSR count). The number of rotatable bonds is 2. The highest BCUT2D eigenvalue weighted by Crippen LogP contribution is 2.32. The van der Waals surface area contributed by atoms with Crippen molar-refractivity contribution in [2.24, 2.45) is 0 Å². The van der Waals surface area contributed by atoms with Crippen LogP contribution in [-0.2, 0) is 0 Å². The van der Waals surface area contributed by atoms with Crippen LogP contribution in [0, 0.1) is 6.92 Å². The van der Waals surface area contributed by atoms with Crippen molar-refractivity contribution >= 4 is 0 Å². The Morgan fingerprint density at radius 2 is 1.53 bits per heavy atom. The van der Waals surface area contributed by atoms with Gasteiger partial charge >= 0.3 is 12.7 Å². The van der Waals surface area contributed by atoms with E-state index in [1.54, 1.807) is 0 Å². The Kier molecular flexibility index (Phi) is 3.39. The fraction of sp³-hybridized carbons (Fsp3) is 0.250. The lowest BCUT2D eigenvalue weighted by atomic mass is 10.3. The van der Waals surface area contributed by atoms with Gasteiger partial charge in [0.2, 0.25) is 5.88 Å². The molecule has 1 aromatic rings. The Morgan fingerprint density at radius 3 is 2.00 bits per heavy atom. The first kappa shape index (κ1) is 13.4. The van der Waals surface area contributed by atoms with E-state index < -0.39 is 29.9 Å². The van der Waals surface area contributed by atoms with Gasteiger partial charge in [0.05, 0.1) is 5.56 Å². The quantitative estimate of drug-likeness (QED) is 0.766. The maximum absolute atomic E-state index is 11.9. The van der Waals surface area contributed by atoms with Gasteiger partial charge in [-0.1, -0.05) is 0 Å². The maximum atomic E-state index is 11.9. The van der Waals surface area contributed by atoms with Crippen molar-refractivity contribution in [1.29, 1.82) is 0 Å². The van der Waals surface area contributed by atoms with Gasteiger partial charge < -0.3 is 9.47 Å². The van der Waals surface area contributed by atoms with E-state index in [9.17, 15) is 26.3 Å². The minimum absolute atomic E-state index is 0.677. The molecule has 0 saturated heterocycles. The van der Waals surface area contributed by atoms with Crippen LogP contribution in [0.5, 0.6) is 11.6 Å². The number of halogens is 6. The largest absolute Gasteiger partial charge is 0.574 e. The molecule has 1 heterocycles. The molecule has 0 unspecified atom stereocenters. The predicted molar refractivity (Wildman–Crippen MR) is 42.1 cm³/mol. The number of alkyl halides is 6. The van der Waals surface area contributed by atoms with E-state index in [2.05, 4.69) is 21.4 Å². The normalized spacial score (nSPS) is 12.4.